The summed E-state index contributed by atoms with van der Waals surface area (Å²) in [6.45, 7) is 3.22. The van der Waals surface area contributed by atoms with E-state index in [0.29, 0.717) is 24.6 Å². The Morgan fingerprint density at radius 1 is 1.15 bits per heavy atom. The van der Waals surface area contributed by atoms with Crippen LogP contribution < -0.4 is 20.5 Å². The number of hydrogen-bond acceptors (Lipinski definition) is 4. The maximum Gasteiger partial charge on any atom is 0.144 e. The number of nitrogens with two attached hydrogens (primary N) is 1. The minimum Gasteiger partial charge on any atom is -0.497 e. The quantitative estimate of drug-likeness (QED) is 0.792. The van der Waals surface area contributed by atoms with Gasteiger partial charge >= 0.3 is 0 Å². The second kappa shape index (κ2) is 6.70. The number of rotatable bonds is 6. The van der Waals surface area contributed by atoms with Gasteiger partial charge in [-0.1, -0.05) is 18.2 Å². The third-order valence-electron chi connectivity index (χ3n) is 2.98. The molecule has 2 aromatic rings. The molecule has 0 fully saturated rings. The molecular weight excluding hydrogens is 252 g/mol. The van der Waals surface area contributed by atoms with Gasteiger partial charge in [0, 0.05) is 6.54 Å². The molecule has 0 radical (unpaired) electrons. The average molecular weight is 272 g/mol. The predicted octanol–water partition coefficient (Wildman–Crippen LogP) is 3.29. The highest BCUT2D eigenvalue weighted by molar-refractivity contribution is 5.72. The fourth-order valence-corrected chi connectivity index (χ4v) is 1.96. The van der Waals surface area contributed by atoms with E-state index in [1.807, 2.05) is 49.4 Å². The average Bonchev–Trinajstić information content (AvgIpc) is 2.48. The van der Waals surface area contributed by atoms with Gasteiger partial charge in [-0.3, -0.25) is 0 Å². The first kappa shape index (κ1) is 14.1. The minimum absolute atomic E-state index is 0.601. The lowest BCUT2D eigenvalue weighted by Crippen LogP contribution is -2.04. The fourth-order valence-electron chi connectivity index (χ4n) is 1.96. The first-order valence-electron chi connectivity index (χ1n) is 6.62. The van der Waals surface area contributed by atoms with Crippen molar-refractivity contribution in [2.24, 2.45) is 0 Å². The summed E-state index contributed by atoms with van der Waals surface area (Å²) in [6.07, 6.45) is 0. The molecule has 0 aliphatic heterocycles. The van der Waals surface area contributed by atoms with Gasteiger partial charge in [-0.05, 0) is 36.8 Å². The number of benzene rings is 2. The summed E-state index contributed by atoms with van der Waals surface area (Å²) in [5, 5.41) is 3.32. The van der Waals surface area contributed by atoms with Crippen molar-refractivity contribution in [2.45, 2.75) is 13.5 Å². The molecule has 0 spiro atoms. The Morgan fingerprint density at radius 2 is 1.95 bits per heavy atom. The lowest BCUT2D eigenvalue weighted by Gasteiger charge is -2.13. The summed E-state index contributed by atoms with van der Waals surface area (Å²) in [4.78, 5) is 0. The van der Waals surface area contributed by atoms with Gasteiger partial charge < -0.3 is 20.5 Å². The molecule has 106 valence electrons. The summed E-state index contributed by atoms with van der Waals surface area (Å²) in [6, 6.07) is 13.7. The van der Waals surface area contributed by atoms with Gasteiger partial charge in [-0.2, -0.15) is 0 Å². The van der Waals surface area contributed by atoms with Crippen LogP contribution in [0.15, 0.2) is 42.5 Å². The van der Waals surface area contributed by atoms with Crippen LogP contribution >= 0.6 is 0 Å². The molecule has 0 aliphatic rings. The highest BCUT2D eigenvalue weighted by Crippen LogP contribution is 2.29. The largest absolute Gasteiger partial charge is 0.497 e. The molecule has 0 atom stereocenters. The SMILES string of the molecule is CCOc1cccc(NCc2cccc(OC)c2)c1N. The van der Waals surface area contributed by atoms with E-state index in [4.69, 9.17) is 15.2 Å². The molecule has 4 nitrogen and oxygen atoms in total. The van der Waals surface area contributed by atoms with Gasteiger partial charge in [0.1, 0.15) is 11.5 Å². The number of anilines is 2. The van der Waals surface area contributed by atoms with Gasteiger partial charge in [-0.15, -0.1) is 0 Å². The number of methoxy groups -OCH3 is 1. The number of ether oxygens (including phenoxy) is 2. The van der Waals surface area contributed by atoms with E-state index < -0.39 is 0 Å². The Hall–Kier alpha value is -2.36. The van der Waals surface area contributed by atoms with E-state index in [1.54, 1.807) is 7.11 Å². The Morgan fingerprint density at radius 3 is 2.70 bits per heavy atom. The Bertz CT molecular complexity index is 570. The van der Waals surface area contributed by atoms with Crippen LogP contribution in [0.1, 0.15) is 12.5 Å². The predicted molar refractivity (Wildman–Crippen MR) is 82.3 cm³/mol. The first-order valence-corrected chi connectivity index (χ1v) is 6.62. The zero-order valence-electron chi connectivity index (χ0n) is 11.8. The van der Waals surface area contributed by atoms with Crippen molar-refractivity contribution in [3.63, 3.8) is 0 Å². The highest BCUT2D eigenvalue weighted by Gasteiger charge is 2.05. The fraction of sp³-hybridized carbons (Fsp3) is 0.250. The Kier molecular flexibility index (Phi) is 4.71. The van der Waals surface area contributed by atoms with Gasteiger partial charge in [0.15, 0.2) is 0 Å². The van der Waals surface area contributed by atoms with Crippen molar-refractivity contribution in [1.82, 2.24) is 0 Å². The second-order valence-electron chi connectivity index (χ2n) is 4.36. The molecule has 2 aromatic carbocycles. The van der Waals surface area contributed by atoms with Gasteiger partial charge in [0.05, 0.1) is 25.1 Å². The van der Waals surface area contributed by atoms with Crippen LogP contribution in [0.25, 0.3) is 0 Å². The van der Waals surface area contributed by atoms with Crippen LogP contribution in [0.2, 0.25) is 0 Å². The number of nitrogen functional groups attached to an aromatic ring is 1. The van der Waals surface area contributed by atoms with E-state index in [2.05, 4.69) is 5.32 Å². The smallest absolute Gasteiger partial charge is 0.144 e. The van der Waals surface area contributed by atoms with Crippen molar-refractivity contribution >= 4 is 11.4 Å². The zero-order chi connectivity index (χ0) is 14.4. The van der Waals surface area contributed by atoms with Crippen LogP contribution in [0.3, 0.4) is 0 Å². The number of hydrogen-bond donors (Lipinski definition) is 2. The molecule has 20 heavy (non-hydrogen) atoms. The van der Waals surface area contributed by atoms with Crippen LogP contribution in [-0.2, 0) is 6.54 Å². The Balaban J connectivity index is 2.08. The van der Waals surface area contributed by atoms with E-state index >= 15 is 0 Å². The summed E-state index contributed by atoms with van der Waals surface area (Å²) < 4.78 is 10.7. The topological polar surface area (TPSA) is 56.5 Å². The van der Waals surface area contributed by atoms with Gasteiger partial charge in [0.25, 0.3) is 0 Å². The van der Waals surface area contributed by atoms with Crippen molar-refractivity contribution in [1.29, 1.82) is 0 Å². The summed E-state index contributed by atoms with van der Waals surface area (Å²) >= 11 is 0. The summed E-state index contributed by atoms with van der Waals surface area (Å²) in [5.41, 5.74) is 8.72. The standard InChI is InChI=1S/C16H20N2O2/c1-3-20-15-9-5-8-14(16(15)17)18-11-12-6-4-7-13(10-12)19-2/h4-10,18H,3,11,17H2,1-2H3. The van der Waals surface area contributed by atoms with Crippen molar-refractivity contribution < 1.29 is 9.47 Å². The molecule has 0 saturated heterocycles. The number of para-hydroxylation sites is 1. The van der Waals surface area contributed by atoms with E-state index in [0.717, 1.165) is 17.0 Å². The van der Waals surface area contributed by atoms with Crippen LogP contribution in [0.5, 0.6) is 11.5 Å². The number of nitrogens with one attached hydrogen (secondary N) is 1. The van der Waals surface area contributed by atoms with Crippen molar-refractivity contribution in [3.05, 3.63) is 48.0 Å². The van der Waals surface area contributed by atoms with Crippen LogP contribution in [0.4, 0.5) is 11.4 Å². The van der Waals surface area contributed by atoms with Crippen LogP contribution in [0, 0.1) is 0 Å². The molecule has 0 bridgehead atoms. The van der Waals surface area contributed by atoms with E-state index in [-0.39, 0.29) is 0 Å². The summed E-state index contributed by atoms with van der Waals surface area (Å²) in [7, 11) is 1.66. The lowest BCUT2D eigenvalue weighted by molar-refractivity contribution is 0.342. The molecule has 0 saturated carbocycles. The third kappa shape index (κ3) is 3.35. The molecule has 0 heterocycles. The molecule has 3 N–H and O–H groups in total. The monoisotopic (exact) mass is 272 g/mol. The molecule has 0 aliphatic carbocycles. The van der Waals surface area contributed by atoms with Crippen molar-refractivity contribution in [2.75, 3.05) is 24.8 Å². The molecule has 0 amide bonds. The minimum atomic E-state index is 0.601. The molecule has 2 rings (SSSR count). The van der Waals surface area contributed by atoms with Crippen molar-refractivity contribution in [3.8, 4) is 11.5 Å². The normalized spacial score (nSPS) is 10.1. The molecule has 0 unspecified atom stereocenters. The zero-order valence-corrected chi connectivity index (χ0v) is 11.8. The molecular formula is C16H20N2O2. The Labute approximate surface area is 119 Å². The maximum absolute atomic E-state index is 6.08. The van der Waals surface area contributed by atoms with Gasteiger partial charge in [-0.25, -0.2) is 0 Å². The maximum atomic E-state index is 6.08. The molecule has 4 heteroatoms. The summed E-state index contributed by atoms with van der Waals surface area (Å²) in [5.74, 6) is 1.56. The van der Waals surface area contributed by atoms with Crippen LogP contribution in [-0.4, -0.2) is 13.7 Å². The van der Waals surface area contributed by atoms with E-state index in [9.17, 15) is 0 Å². The first-order chi connectivity index (χ1) is 9.74. The molecule has 0 aromatic heterocycles. The second-order valence-corrected chi connectivity index (χ2v) is 4.36. The van der Waals surface area contributed by atoms with Gasteiger partial charge in [0.2, 0.25) is 0 Å². The highest BCUT2D eigenvalue weighted by atomic mass is 16.5. The van der Waals surface area contributed by atoms with E-state index in [1.165, 1.54) is 0 Å². The third-order valence-corrected chi connectivity index (χ3v) is 2.98. The lowest BCUT2D eigenvalue weighted by atomic mass is 10.2.